The lowest BCUT2D eigenvalue weighted by atomic mass is 10.2. The average molecular weight is 233 g/mol. The van der Waals surface area contributed by atoms with E-state index < -0.39 is 12.3 Å². The standard InChI is InChI=1S/C11H20FNO3/c1-11(2,3)16-10(14)13-6-4-9(8-13)15-7-5-12/h9H,4-8H2,1-3H3. The average Bonchev–Trinajstić information content (AvgIpc) is 2.60. The van der Waals surface area contributed by atoms with E-state index in [0.29, 0.717) is 13.1 Å². The second-order valence-corrected chi connectivity index (χ2v) is 4.90. The summed E-state index contributed by atoms with van der Waals surface area (Å²) in [6.45, 7) is 6.23. The number of hydrogen-bond acceptors (Lipinski definition) is 3. The van der Waals surface area contributed by atoms with E-state index in [1.165, 1.54) is 0 Å². The predicted octanol–water partition coefficient (Wildman–Crippen LogP) is 1.98. The molecule has 1 saturated heterocycles. The zero-order valence-electron chi connectivity index (χ0n) is 10.2. The van der Waals surface area contributed by atoms with Crippen LogP contribution in [0.2, 0.25) is 0 Å². The van der Waals surface area contributed by atoms with Crippen molar-refractivity contribution in [3.05, 3.63) is 0 Å². The van der Waals surface area contributed by atoms with Crippen molar-refractivity contribution in [1.82, 2.24) is 4.90 Å². The van der Waals surface area contributed by atoms with Gasteiger partial charge >= 0.3 is 6.09 Å². The van der Waals surface area contributed by atoms with Crippen LogP contribution in [0.25, 0.3) is 0 Å². The molecule has 1 rings (SSSR count). The number of nitrogens with zero attached hydrogens (tertiary/aromatic N) is 1. The van der Waals surface area contributed by atoms with Gasteiger partial charge in [0, 0.05) is 6.54 Å². The lowest BCUT2D eigenvalue weighted by molar-refractivity contribution is 0.0196. The molecule has 4 nitrogen and oxygen atoms in total. The largest absolute Gasteiger partial charge is 0.444 e. The molecule has 1 atom stereocenters. The molecule has 0 aromatic rings. The smallest absolute Gasteiger partial charge is 0.410 e. The third kappa shape index (κ3) is 4.35. The number of likely N-dealkylation sites (tertiary alicyclic amines) is 1. The van der Waals surface area contributed by atoms with Crippen LogP contribution in [0.4, 0.5) is 9.18 Å². The van der Waals surface area contributed by atoms with Crippen LogP contribution in [-0.2, 0) is 9.47 Å². The molecular weight excluding hydrogens is 213 g/mol. The molecule has 0 radical (unpaired) electrons. The summed E-state index contributed by atoms with van der Waals surface area (Å²) in [5, 5.41) is 0. The van der Waals surface area contributed by atoms with E-state index in [1.807, 2.05) is 20.8 Å². The van der Waals surface area contributed by atoms with Gasteiger partial charge in [-0.3, -0.25) is 0 Å². The number of ether oxygens (including phenoxy) is 2. The lowest BCUT2D eigenvalue weighted by Crippen LogP contribution is -2.36. The Labute approximate surface area is 95.7 Å². The monoisotopic (exact) mass is 233 g/mol. The molecule has 0 bridgehead atoms. The molecule has 16 heavy (non-hydrogen) atoms. The molecular formula is C11H20FNO3. The molecule has 0 aliphatic carbocycles. The predicted molar refractivity (Wildman–Crippen MR) is 58.1 cm³/mol. The van der Waals surface area contributed by atoms with Gasteiger partial charge < -0.3 is 14.4 Å². The van der Waals surface area contributed by atoms with Crippen molar-refractivity contribution in [3.63, 3.8) is 0 Å². The number of rotatable bonds is 3. The van der Waals surface area contributed by atoms with E-state index in [0.717, 1.165) is 6.42 Å². The summed E-state index contributed by atoms with van der Waals surface area (Å²) in [5.41, 5.74) is -0.477. The van der Waals surface area contributed by atoms with Crippen LogP contribution in [-0.4, -0.2) is 49.1 Å². The van der Waals surface area contributed by atoms with E-state index in [-0.39, 0.29) is 18.8 Å². The van der Waals surface area contributed by atoms with E-state index in [2.05, 4.69) is 0 Å². The fourth-order valence-corrected chi connectivity index (χ4v) is 1.57. The van der Waals surface area contributed by atoms with Crippen LogP contribution in [0.1, 0.15) is 27.2 Å². The summed E-state index contributed by atoms with van der Waals surface area (Å²) >= 11 is 0. The van der Waals surface area contributed by atoms with Gasteiger partial charge in [-0.25, -0.2) is 9.18 Å². The highest BCUT2D eigenvalue weighted by atomic mass is 19.1. The summed E-state index contributed by atoms with van der Waals surface area (Å²) in [4.78, 5) is 13.3. The molecule has 0 aromatic carbocycles. The van der Waals surface area contributed by atoms with Gasteiger partial charge in [-0.2, -0.15) is 0 Å². The molecule has 94 valence electrons. The molecule has 1 aliphatic rings. The number of carbonyl (C=O) groups is 1. The minimum absolute atomic E-state index is 0.0525. The van der Waals surface area contributed by atoms with E-state index >= 15 is 0 Å². The summed E-state index contributed by atoms with van der Waals surface area (Å²) in [6, 6.07) is 0. The quantitative estimate of drug-likeness (QED) is 0.748. The fraction of sp³-hybridized carbons (Fsp3) is 0.909. The van der Waals surface area contributed by atoms with Crippen molar-refractivity contribution < 1.29 is 18.7 Å². The Bertz CT molecular complexity index is 240. The van der Waals surface area contributed by atoms with Gasteiger partial charge in [-0.05, 0) is 27.2 Å². The maximum Gasteiger partial charge on any atom is 0.410 e. The third-order valence-electron chi connectivity index (χ3n) is 2.23. The molecule has 1 heterocycles. The fourth-order valence-electron chi connectivity index (χ4n) is 1.57. The van der Waals surface area contributed by atoms with Crippen LogP contribution in [0.3, 0.4) is 0 Å². The minimum atomic E-state index is -0.483. The molecule has 0 spiro atoms. The Morgan fingerprint density at radius 3 is 2.75 bits per heavy atom. The molecule has 1 amide bonds. The Hall–Kier alpha value is -0.840. The minimum Gasteiger partial charge on any atom is -0.444 e. The highest BCUT2D eigenvalue weighted by Gasteiger charge is 2.29. The first-order chi connectivity index (χ1) is 7.42. The van der Waals surface area contributed by atoms with Gasteiger partial charge in [0.2, 0.25) is 0 Å². The van der Waals surface area contributed by atoms with Crippen LogP contribution >= 0.6 is 0 Å². The van der Waals surface area contributed by atoms with Crippen molar-refractivity contribution in [2.75, 3.05) is 26.4 Å². The highest BCUT2D eigenvalue weighted by molar-refractivity contribution is 5.68. The van der Waals surface area contributed by atoms with Crippen molar-refractivity contribution >= 4 is 6.09 Å². The van der Waals surface area contributed by atoms with E-state index in [9.17, 15) is 9.18 Å². The van der Waals surface area contributed by atoms with Crippen LogP contribution in [0.5, 0.6) is 0 Å². The number of hydrogen-bond donors (Lipinski definition) is 0. The second kappa shape index (κ2) is 5.48. The van der Waals surface area contributed by atoms with Crippen LogP contribution < -0.4 is 0 Å². The van der Waals surface area contributed by atoms with Gasteiger partial charge in [0.1, 0.15) is 12.3 Å². The van der Waals surface area contributed by atoms with Gasteiger partial charge in [0.05, 0.1) is 19.3 Å². The van der Waals surface area contributed by atoms with E-state index in [4.69, 9.17) is 9.47 Å². The maximum absolute atomic E-state index is 11.9. The van der Waals surface area contributed by atoms with Crippen molar-refractivity contribution in [2.45, 2.75) is 38.9 Å². The Balaban J connectivity index is 2.32. The van der Waals surface area contributed by atoms with Crippen LogP contribution in [0, 0.1) is 0 Å². The maximum atomic E-state index is 11.9. The number of alkyl halides is 1. The highest BCUT2D eigenvalue weighted by Crippen LogP contribution is 2.16. The van der Waals surface area contributed by atoms with Gasteiger partial charge in [0.15, 0.2) is 0 Å². The Morgan fingerprint density at radius 1 is 1.50 bits per heavy atom. The zero-order chi connectivity index (χ0) is 12.2. The molecule has 0 saturated carbocycles. The molecule has 0 N–H and O–H groups in total. The normalized spacial score (nSPS) is 21.2. The van der Waals surface area contributed by atoms with Gasteiger partial charge in [-0.15, -0.1) is 0 Å². The molecule has 1 fully saturated rings. The number of carbonyl (C=O) groups excluding carboxylic acids is 1. The SMILES string of the molecule is CC(C)(C)OC(=O)N1CCC(OCCF)C1. The summed E-state index contributed by atoms with van der Waals surface area (Å²) < 4.78 is 22.4. The summed E-state index contributed by atoms with van der Waals surface area (Å²) in [5.74, 6) is 0. The number of amides is 1. The van der Waals surface area contributed by atoms with E-state index in [1.54, 1.807) is 4.90 Å². The first kappa shape index (κ1) is 13.2. The van der Waals surface area contributed by atoms with Crippen molar-refractivity contribution in [3.8, 4) is 0 Å². The Morgan fingerprint density at radius 2 is 2.19 bits per heavy atom. The summed E-state index contributed by atoms with van der Waals surface area (Å²) in [7, 11) is 0. The molecule has 5 heteroatoms. The van der Waals surface area contributed by atoms with Crippen molar-refractivity contribution in [2.24, 2.45) is 0 Å². The summed E-state index contributed by atoms with van der Waals surface area (Å²) in [6.07, 6.45) is 0.376. The van der Waals surface area contributed by atoms with Crippen molar-refractivity contribution in [1.29, 1.82) is 0 Å². The first-order valence-electron chi connectivity index (χ1n) is 5.58. The lowest BCUT2D eigenvalue weighted by Gasteiger charge is -2.24. The second-order valence-electron chi connectivity index (χ2n) is 4.90. The third-order valence-corrected chi connectivity index (χ3v) is 2.23. The molecule has 0 aromatic heterocycles. The van der Waals surface area contributed by atoms with Gasteiger partial charge in [-0.1, -0.05) is 0 Å². The van der Waals surface area contributed by atoms with Gasteiger partial charge in [0.25, 0.3) is 0 Å². The molecule has 1 aliphatic heterocycles. The molecule has 1 unspecified atom stereocenters. The number of halogens is 1. The zero-order valence-corrected chi connectivity index (χ0v) is 10.2. The first-order valence-corrected chi connectivity index (χ1v) is 5.58. The topological polar surface area (TPSA) is 38.8 Å². The van der Waals surface area contributed by atoms with Crippen LogP contribution in [0.15, 0.2) is 0 Å². The Kier molecular flexibility index (Phi) is 4.53.